The number of hydrogen-bond acceptors (Lipinski definition) is 4. The van der Waals surface area contributed by atoms with E-state index in [1.807, 2.05) is 12.3 Å². The Bertz CT molecular complexity index is 703. The average Bonchev–Trinajstić information content (AvgIpc) is 2.75. The predicted octanol–water partition coefficient (Wildman–Crippen LogP) is 1.96. The second-order valence-corrected chi connectivity index (χ2v) is 6.30. The lowest BCUT2D eigenvalue weighted by atomic mass is 10.2. The summed E-state index contributed by atoms with van der Waals surface area (Å²) in [6.45, 7) is 1.86. The lowest BCUT2D eigenvalue weighted by Crippen LogP contribution is -2.14. The molecule has 2 rings (SSSR count). The first-order valence-corrected chi connectivity index (χ1v) is 7.84. The van der Waals surface area contributed by atoms with Crippen molar-refractivity contribution in [3.8, 4) is 0 Å². The van der Waals surface area contributed by atoms with Crippen LogP contribution in [0.3, 0.4) is 0 Å². The van der Waals surface area contributed by atoms with Crippen molar-refractivity contribution in [2.24, 2.45) is 5.14 Å². The Hall–Kier alpha value is -1.70. The van der Waals surface area contributed by atoms with Crippen LogP contribution in [0.25, 0.3) is 0 Å². The minimum Gasteiger partial charge on any atom is -0.322 e. The number of benzene rings is 1. The Morgan fingerprint density at radius 3 is 2.32 bits per heavy atom. The van der Waals surface area contributed by atoms with Crippen molar-refractivity contribution >= 4 is 33.0 Å². The molecular formula is C12H12N2O3S2. The number of nitrogens with one attached hydrogen (secondary N) is 1. The number of thiophene rings is 1. The molecule has 0 aliphatic carbocycles. The van der Waals surface area contributed by atoms with Crippen LogP contribution in [0.1, 0.15) is 15.9 Å². The van der Waals surface area contributed by atoms with E-state index in [0.717, 1.165) is 5.56 Å². The molecule has 19 heavy (non-hydrogen) atoms. The number of rotatable bonds is 3. The third-order valence-corrected chi connectivity index (χ3v) is 4.33. The van der Waals surface area contributed by atoms with Crippen molar-refractivity contribution in [3.63, 3.8) is 0 Å². The topological polar surface area (TPSA) is 89.3 Å². The Labute approximate surface area is 115 Å². The second kappa shape index (κ2) is 5.12. The summed E-state index contributed by atoms with van der Waals surface area (Å²) in [4.78, 5) is 11.9. The van der Waals surface area contributed by atoms with Gasteiger partial charge in [0.1, 0.15) is 0 Å². The van der Waals surface area contributed by atoms with Crippen LogP contribution in [-0.4, -0.2) is 14.3 Å². The molecule has 0 atom stereocenters. The van der Waals surface area contributed by atoms with Crippen LogP contribution in [-0.2, 0) is 10.0 Å². The van der Waals surface area contributed by atoms with E-state index in [-0.39, 0.29) is 10.8 Å². The van der Waals surface area contributed by atoms with E-state index in [0.29, 0.717) is 11.3 Å². The molecule has 0 bridgehead atoms. The molecule has 0 saturated carbocycles. The van der Waals surface area contributed by atoms with Crippen molar-refractivity contribution in [1.29, 1.82) is 0 Å². The first-order valence-electron chi connectivity index (χ1n) is 5.35. The lowest BCUT2D eigenvalue weighted by Gasteiger charge is -2.05. The van der Waals surface area contributed by atoms with Gasteiger partial charge in [-0.2, -0.15) is 11.3 Å². The fourth-order valence-electron chi connectivity index (χ4n) is 1.52. The maximum Gasteiger partial charge on any atom is 0.256 e. The van der Waals surface area contributed by atoms with Crippen LogP contribution in [0.15, 0.2) is 39.9 Å². The number of hydrogen-bond donors (Lipinski definition) is 2. The molecule has 1 amide bonds. The van der Waals surface area contributed by atoms with Crippen LogP contribution >= 0.6 is 11.3 Å². The maximum absolute atomic E-state index is 11.9. The number of primary sulfonamides is 1. The fraction of sp³-hybridized carbons (Fsp3) is 0.0833. The summed E-state index contributed by atoms with van der Waals surface area (Å²) in [5, 5.41) is 11.3. The Balaban J connectivity index is 2.17. The summed E-state index contributed by atoms with van der Waals surface area (Å²) in [6.07, 6.45) is 0. The van der Waals surface area contributed by atoms with E-state index in [4.69, 9.17) is 5.14 Å². The van der Waals surface area contributed by atoms with Gasteiger partial charge in [-0.05, 0) is 42.1 Å². The van der Waals surface area contributed by atoms with Gasteiger partial charge < -0.3 is 5.32 Å². The number of carbonyl (C=O) groups is 1. The zero-order chi connectivity index (χ0) is 14.0. The SMILES string of the molecule is Cc1cscc1C(=O)Nc1ccc(S(N)(=O)=O)cc1. The van der Waals surface area contributed by atoms with Crippen LogP contribution in [0.2, 0.25) is 0 Å². The molecule has 0 aliphatic heterocycles. The average molecular weight is 296 g/mol. The first kappa shape index (κ1) is 13.7. The zero-order valence-electron chi connectivity index (χ0n) is 10.1. The summed E-state index contributed by atoms with van der Waals surface area (Å²) in [6, 6.07) is 5.70. The molecule has 0 unspecified atom stereocenters. The van der Waals surface area contributed by atoms with Gasteiger partial charge in [-0.3, -0.25) is 4.79 Å². The van der Waals surface area contributed by atoms with Gasteiger partial charge in [0.2, 0.25) is 10.0 Å². The molecule has 2 aromatic rings. The molecule has 3 N–H and O–H groups in total. The summed E-state index contributed by atoms with van der Waals surface area (Å²) < 4.78 is 22.2. The summed E-state index contributed by atoms with van der Waals surface area (Å²) in [5.41, 5.74) is 2.03. The molecule has 0 radical (unpaired) electrons. The van der Waals surface area contributed by atoms with Gasteiger partial charge >= 0.3 is 0 Å². The number of amides is 1. The molecule has 0 spiro atoms. The standard InChI is InChI=1S/C12H12N2O3S2/c1-8-6-18-7-11(8)12(15)14-9-2-4-10(5-3-9)19(13,16)17/h2-7H,1H3,(H,14,15)(H2,13,16,17). The van der Waals surface area contributed by atoms with Crippen LogP contribution in [0.5, 0.6) is 0 Å². The first-order chi connectivity index (χ1) is 8.88. The van der Waals surface area contributed by atoms with E-state index < -0.39 is 10.0 Å². The highest BCUT2D eigenvalue weighted by molar-refractivity contribution is 7.89. The van der Waals surface area contributed by atoms with Crippen LogP contribution in [0, 0.1) is 6.92 Å². The number of aryl methyl sites for hydroxylation is 1. The largest absolute Gasteiger partial charge is 0.322 e. The molecule has 1 aromatic heterocycles. The van der Waals surface area contributed by atoms with Gasteiger partial charge in [0, 0.05) is 11.1 Å². The normalized spacial score (nSPS) is 11.3. The smallest absolute Gasteiger partial charge is 0.256 e. The van der Waals surface area contributed by atoms with Gasteiger partial charge in [0.25, 0.3) is 5.91 Å². The van der Waals surface area contributed by atoms with E-state index in [2.05, 4.69) is 5.32 Å². The monoisotopic (exact) mass is 296 g/mol. The second-order valence-electron chi connectivity index (χ2n) is 3.99. The third-order valence-electron chi connectivity index (χ3n) is 2.54. The van der Waals surface area contributed by atoms with Crippen LogP contribution < -0.4 is 10.5 Å². The minimum atomic E-state index is -3.71. The number of sulfonamides is 1. The number of anilines is 1. The van der Waals surface area contributed by atoms with Gasteiger partial charge in [0.15, 0.2) is 0 Å². The van der Waals surface area contributed by atoms with Crippen molar-refractivity contribution in [2.75, 3.05) is 5.32 Å². The number of carbonyl (C=O) groups excluding carboxylic acids is 1. The molecule has 7 heteroatoms. The Kier molecular flexibility index (Phi) is 3.70. The van der Waals surface area contributed by atoms with Gasteiger partial charge in [-0.1, -0.05) is 0 Å². The highest BCUT2D eigenvalue weighted by Crippen LogP contribution is 2.17. The molecule has 100 valence electrons. The summed E-state index contributed by atoms with van der Waals surface area (Å²) in [5.74, 6) is -0.220. The van der Waals surface area contributed by atoms with Crippen molar-refractivity contribution in [3.05, 3.63) is 46.2 Å². The van der Waals surface area contributed by atoms with Gasteiger partial charge in [-0.25, -0.2) is 13.6 Å². The van der Waals surface area contributed by atoms with Crippen LogP contribution in [0.4, 0.5) is 5.69 Å². The molecule has 0 saturated heterocycles. The molecule has 1 heterocycles. The summed E-state index contributed by atoms with van der Waals surface area (Å²) >= 11 is 1.45. The quantitative estimate of drug-likeness (QED) is 0.907. The Morgan fingerprint density at radius 2 is 1.84 bits per heavy atom. The van der Waals surface area contributed by atoms with E-state index in [9.17, 15) is 13.2 Å². The third kappa shape index (κ3) is 3.19. The molecule has 0 aliphatic rings. The lowest BCUT2D eigenvalue weighted by molar-refractivity contribution is 0.102. The van der Waals surface area contributed by atoms with Gasteiger partial charge in [-0.15, -0.1) is 0 Å². The minimum absolute atomic E-state index is 0.0113. The van der Waals surface area contributed by atoms with E-state index >= 15 is 0 Å². The van der Waals surface area contributed by atoms with Crippen molar-refractivity contribution in [2.45, 2.75) is 11.8 Å². The Morgan fingerprint density at radius 1 is 1.21 bits per heavy atom. The fourth-order valence-corrected chi connectivity index (χ4v) is 2.86. The van der Waals surface area contributed by atoms with Gasteiger partial charge in [0.05, 0.1) is 10.5 Å². The predicted molar refractivity (Wildman–Crippen MR) is 74.8 cm³/mol. The number of nitrogens with two attached hydrogens (primary N) is 1. The zero-order valence-corrected chi connectivity index (χ0v) is 11.7. The van der Waals surface area contributed by atoms with E-state index in [1.54, 1.807) is 5.38 Å². The molecule has 1 aromatic carbocycles. The maximum atomic E-state index is 11.9. The molecule has 5 nitrogen and oxygen atoms in total. The summed E-state index contributed by atoms with van der Waals surface area (Å²) in [7, 11) is -3.71. The van der Waals surface area contributed by atoms with Crippen molar-refractivity contribution < 1.29 is 13.2 Å². The highest BCUT2D eigenvalue weighted by atomic mass is 32.2. The molecule has 0 fully saturated rings. The highest BCUT2D eigenvalue weighted by Gasteiger charge is 2.11. The van der Waals surface area contributed by atoms with Crippen molar-refractivity contribution in [1.82, 2.24) is 0 Å². The molecular weight excluding hydrogens is 284 g/mol. The van der Waals surface area contributed by atoms with E-state index in [1.165, 1.54) is 35.6 Å².